The summed E-state index contributed by atoms with van der Waals surface area (Å²) in [5.74, 6) is -0.346. The third kappa shape index (κ3) is 27.1. The zero-order valence-electron chi connectivity index (χ0n) is 24.7. The molecular formula is C29H60NO7P. The molecule has 0 saturated carbocycles. The number of esters is 1. The van der Waals surface area contributed by atoms with Gasteiger partial charge in [0, 0.05) is 19.6 Å². The van der Waals surface area contributed by atoms with E-state index in [0.717, 1.165) is 38.5 Å². The molecule has 0 saturated heterocycles. The molecule has 2 unspecified atom stereocenters. The quantitative estimate of drug-likeness (QED) is 0.0514. The number of hydrogen-bond acceptors (Lipinski definition) is 7. The van der Waals surface area contributed by atoms with Gasteiger partial charge in [0.05, 0.1) is 19.8 Å². The first kappa shape index (κ1) is 37.5. The van der Waals surface area contributed by atoms with E-state index in [1.165, 1.54) is 83.5 Å². The number of phosphoric acid groups is 1. The maximum atomic E-state index is 12.2. The number of phosphoric ester groups is 1. The van der Waals surface area contributed by atoms with E-state index in [4.69, 9.17) is 24.3 Å². The molecule has 0 amide bonds. The van der Waals surface area contributed by atoms with Crippen LogP contribution in [-0.2, 0) is 27.9 Å². The number of nitrogens with two attached hydrogens (primary N) is 1. The van der Waals surface area contributed by atoms with Crippen LogP contribution in [0.2, 0.25) is 0 Å². The van der Waals surface area contributed by atoms with Crippen molar-refractivity contribution < 1.29 is 32.8 Å². The van der Waals surface area contributed by atoms with Gasteiger partial charge in [-0.3, -0.25) is 13.8 Å². The molecule has 8 nitrogen and oxygen atoms in total. The first-order chi connectivity index (χ1) is 18.4. The van der Waals surface area contributed by atoms with Crippen LogP contribution in [0, 0.1) is 0 Å². The number of rotatable bonds is 30. The van der Waals surface area contributed by atoms with E-state index in [1.54, 1.807) is 0 Å². The van der Waals surface area contributed by atoms with Crippen molar-refractivity contribution in [3.8, 4) is 0 Å². The largest absolute Gasteiger partial charge is 0.472 e. The third-order valence-corrected chi connectivity index (χ3v) is 7.51. The molecule has 0 aromatic rings. The average molecular weight is 566 g/mol. The van der Waals surface area contributed by atoms with Gasteiger partial charge in [0.1, 0.15) is 6.10 Å². The molecule has 0 radical (unpaired) electrons. The molecule has 0 aliphatic rings. The Hall–Kier alpha value is -0.500. The lowest BCUT2D eigenvalue weighted by molar-refractivity contribution is -0.154. The first-order valence-electron chi connectivity index (χ1n) is 15.5. The van der Waals surface area contributed by atoms with Gasteiger partial charge >= 0.3 is 13.8 Å². The van der Waals surface area contributed by atoms with E-state index in [1.807, 2.05) is 0 Å². The highest BCUT2D eigenvalue weighted by Gasteiger charge is 2.25. The molecule has 0 aromatic heterocycles. The normalized spacial score (nSPS) is 13.9. The Labute approximate surface area is 233 Å². The van der Waals surface area contributed by atoms with Gasteiger partial charge < -0.3 is 20.1 Å². The summed E-state index contributed by atoms with van der Waals surface area (Å²) in [6, 6.07) is 0. The van der Waals surface area contributed by atoms with Gasteiger partial charge in [0.25, 0.3) is 0 Å². The minimum atomic E-state index is -4.24. The van der Waals surface area contributed by atoms with Gasteiger partial charge in [-0.05, 0) is 12.8 Å². The molecule has 0 bridgehead atoms. The zero-order valence-corrected chi connectivity index (χ0v) is 25.6. The SMILES string of the molecule is CCCCCCCCCCCCCCCCCOCC(COP(=O)(O)OCCN)OC(=O)CCCCCC. The van der Waals surface area contributed by atoms with Crippen LogP contribution in [-0.4, -0.2) is 49.9 Å². The fourth-order valence-electron chi connectivity index (χ4n) is 4.23. The smallest absolute Gasteiger partial charge is 0.457 e. The van der Waals surface area contributed by atoms with Crippen LogP contribution in [0.1, 0.15) is 142 Å². The maximum Gasteiger partial charge on any atom is 0.472 e. The summed E-state index contributed by atoms with van der Waals surface area (Å²) in [5, 5.41) is 0. The summed E-state index contributed by atoms with van der Waals surface area (Å²) in [6.45, 7) is 4.80. The fraction of sp³-hybridized carbons (Fsp3) is 0.966. The molecule has 0 fully saturated rings. The van der Waals surface area contributed by atoms with Crippen LogP contribution < -0.4 is 5.73 Å². The maximum absolute atomic E-state index is 12.2. The summed E-state index contributed by atoms with van der Waals surface area (Å²) >= 11 is 0. The van der Waals surface area contributed by atoms with Crippen LogP contribution in [0.5, 0.6) is 0 Å². The molecular weight excluding hydrogens is 505 g/mol. The molecule has 228 valence electrons. The second-order valence-electron chi connectivity index (χ2n) is 10.3. The predicted octanol–water partition coefficient (Wildman–Crippen LogP) is 7.85. The summed E-state index contributed by atoms with van der Waals surface area (Å²) in [7, 11) is -4.24. The second-order valence-corrected chi connectivity index (χ2v) is 11.8. The molecule has 3 N–H and O–H groups in total. The summed E-state index contributed by atoms with van der Waals surface area (Å²) < 4.78 is 32.8. The van der Waals surface area contributed by atoms with Crippen LogP contribution in [0.15, 0.2) is 0 Å². The Kier molecular flexibility index (Phi) is 27.7. The van der Waals surface area contributed by atoms with Crippen LogP contribution in [0.3, 0.4) is 0 Å². The van der Waals surface area contributed by atoms with E-state index in [-0.39, 0.29) is 32.3 Å². The molecule has 9 heteroatoms. The molecule has 0 aromatic carbocycles. The topological polar surface area (TPSA) is 117 Å². The molecule has 0 aliphatic carbocycles. The van der Waals surface area contributed by atoms with Gasteiger partial charge in [0.2, 0.25) is 0 Å². The Morgan fingerprint density at radius 1 is 0.684 bits per heavy atom. The standard InChI is InChI=1S/C29H60NO7P/c1-3-5-7-9-10-11-12-13-14-15-16-17-18-19-21-24-34-26-28(27-36-38(32,33)35-25-23-30)37-29(31)22-20-8-6-4-2/h28H,3-27,30H2,1-2H3,(H,32,33). The summed E-state index contributed by atoms with van der Waals surface area (Å²) in [5.41, 5.74) is 5.30. The minimum absolute atomic E-state index is 0.0919. The van der Waals surface area contributed by atoms with Crippen LogP contribution in [0.25, 0.3) is 0 Å². The van der Waals surface area contributed by atoms with Crippen molar-refractivity contribution in [2.24, 2.45) is 5.73 Å². The molecule has 38 heavy (non-hydrogen) atoms. The molecule has 0 heterocycles. The lowest BCUT2D eigenvalue weighted by Crippen LogP contribution is -2.28. The minimum Gasteiger partial charge on any atom is -0.457 e. The Bertz CT molecular complexity index is 565. The van der Waals surface area contributed by atoms with E-state index in [0.29, 0.717) is 13.0 Å². The second kappa shape index (κ2) is 28.0. The van der Waals surface area contributed by atoms with Crippen LogP contribution in [0.4, 0.5) is 0 Å². The monoisotopic (exact) mass is 565 g/mol. The van der Waals surface area contributed by atoms with E-state index < -0.39 is 13.9 Å². The van der Waals surface area contributed by atoms with Crippen molar-refractivity contribution in [3.63, 3.8) is 0 Å². The predicted molar refractivity (Wildman–Crippen MR) is 155 cm³/mol. The zero-order chi connectivity index (χ0) is 28.2. The van der Waals surface area contributed by atoms with Crippen molar-refractivity contribution in [2.75, 3.05) is 33.0 Å². The Balaban J connectivity index is 3.93. The highest BCUT2D eigenvalue weighted by Crippen LogP contribution is 2.43. The Morgan fingerprint density at radius 2 is 1.16 bits per heavy atom. The molecule has 0 spiro atoms. The number of hydrogen-bond donors (Lipinski definition) is 2. The first-order valence-corrected chi connectivity index (χ1v) is 17.0. The van der Waals surface area contributed by atoms with E-state index in [2.05, 4.69) is 13.8 Å². The number of carbonyl (C=O) groups is 1. The number of unbranched alkanes of at least 4 members (excludes halogenated alkanes) is 17. The Morgan fingerprint density at radius 3 is 1.66 bits per heavy atom. The number of carbonyl (C=O) groups excluding carboxylic acids is 1. The van der Waals surface area contributed by atoms with Crippen LogP contribution >= 0.6 is 7.82 Å². The van der Waals surface area contributed by atoms with Crippen molar-refractivity contribution in [1.82, 2.24) is 0 Å². The average Bonchev–Trinajstić information content (AvgIpc) is 2.90. The molecule has 0 rings (SSSR count). The molecule has 0 aliphatic heterocycles. The van der Waals surface area contributed by atoms with Gasteiger partial charge in [-0.2, -0.15) is 0 Å². The van der Waals surface area contributed by atoms with E-state index >= 15 is 0 Å². The van der Waals surface area contributed by atoms with Gasteiger partial charge in [-0.15, -0.1) is 0 Å². The number of ether oxygens (including phenoxy) is 2. The fourth-order valence-corrected chi connectivity index (χ4v) is 5.00. The highest BCUT2D eigenvalue weighted by molar-refractivity contribution is 7.47. The van der Waals surface area contributed by atoms with E-state index in [9.17, 15) is 14.3 Å². The summed E-state index contributed by atoms with van der Waals surface area (Å²) in [4.78, 5) is 21.9. The van der Waals surface area contributed by atoms with Crippen molar-refractivity contribution in [2.45, 2.75) is 148 Å². The highest BCUT2D eigenvalue weighted by atomic mass is 31.2. The third-order valence-electron chi connectivity index (χ3n) is 6.52. The summed E-state index contributed by atoms with van der Waals surface area (Å²) in [6.07, 6.45) is 23.1. The van der Waals surface area contributed by atoms with Crippen molar-refractivity contribution >= 4 is 13.8 Å². The van der Waals surface area contributed by atoms with Crippen molar-refractivity contribution in [3.05, 3.63) is 0 Å². The lowest BCUT2D eigenvalue weighted by atomic mass is 10.0. The van der Waals surface area contributed by atoms with Gasteiger partial charge in [-0.1, -0.05) is 123 Å². The van der Waals surface area contributed by atoms with Gasteiger partial charge in [-0.25, -0.2) is 4.57 Å². The molecule has 2 atom stereocenters. The van der Waals surface area contributed by atoms with Gasteiger partial charge in [0.15, 0.2) is 0 Å². The van der Waals surface area contributed by atoms with Crippen molar-refractivity contribution in [1.29, 1.82) is 0 Å². The lowest BCUT2D eigenvalue weighted by Gasteiger charge is -2.20.